The first-order valence-corrected chi connectivity index (χ1v) is 6.88. The molecule has 0 aliphatic carbocycles. The van der Waals surface area contributed by atoms with Gasteiger partial charge in [0.15, 0.2) is 6.61 Å². The quantitative estimate of drug-likeness (QED) is 0.839. The van der Waals surface area contributed by atoms with Crippen LogP contribution in [0.3, 0.4) is 0 Å². The maximum atomic E-state index is 12.1. The van der Waals surface area contributed by atoms with E-state index in [1.165, 1.54) is 6.42 Å². The van der Waals surface area contributed by atoms with E-state index in [1.54, 1.807) is 6.20 Å². The molecular formula is C15H22N2O2. The van der Waals surface area contributed by atoms with Crippen LogP contribution in [0.1, 0.15) is 26.0 Å². The average Bonchev–Trinajstić information content (AvgIpc) is 2.36. The predicted octanol–water partition coefficient (Wildman–Crippen LogP) is 2.27. The molecule has 1 aromatic heterocycles. The first-order chi connectivity index (χ1) is 9.04. The minimum absolute atomic E-state index is 0.0685. The van der Waals surface area contributed by atoms with Gasteiger partial charge in [-0.2, -0.15) is 0 Å². The van der Waals surface area contributed by atoms with E-state index < -0.39 is 0 Å². The van der Waals surface area contributed by atoms with E-state index in [-0.39, 0.29) is 12.5 Å². The summed E-state index contributed by atoms with van der Waals surface area (Å²) >= 11 is 0. The zero-order valence-corrected chi connectivity index (χ0v) is 11.9. The minimum Gasteiger partial charge on any atom is -0.482 e. The highest BCUT2D eigenvalue weighted by Gasteiger charge is 2.25. The lowest BCUT2D eigenvalue weighted by molar-refractivity contribution is -0.136. The minimum atomic E-state index is 0.0685. The summed E-state index contributed by atoms with van der Waals surface area (Å²) in [5.41, 5.74) is 0.942. The maximum Gasteiger partial charge on any atom is 0.260 e. The summed E-state index contributed by atoms with van der Waals surface area (Å²) < 4.78 is 5.49. The number of hydrogen-bond donors (Lipinski definition) is 0. The number of ether oxygens (including phenoxy) is 1. The molecule has 0 saturated carbocycles. The number of aromatic nitrogens is 1. The Morgan fingerprint density at radius 1 is 1.37 bits per heavy atom. The lowest BCUT2D eigenvalue weighted by atomic mass is 9.92. The number of carbonyl (C=O) groups excluding carboxylic acids is 1. The van der Waals surface area contributed by atoms with Crippen LogP contribution in [-0.2, 0) is 4.79 Å². The first kappa shape index (κ1) is 13.8. The second kappa shape index (κ2) is 6.04. The second-order valence-corrected chi connectivity index (χ2v) is 5.67. The summed E-state index contributed by atoms with van der Waals surface area (Å²) in [6, 6.07) is 3.72. The summed E-state index contributed by atoms with van der Waals surface area (Å²) in [6.07, 6.45) is 2.86. The highest BCUT2D eigenvalue weighted by Crippen LogP contribution is 2.21. The molecule has 2 rings (SSSR count). The summed E-state index contributed by atoms with van der Waals surface area (Å²) in [6.45, 7) is 8.11. The van der Waals surface area contributed by atoms with Crippen LogP contribution in [0.4, 0.5) is 0 Å². The highest BCUT2D eigenvalue weighted by atomic mass is 16.5. The van der Waals surface area contributed by atoms with Crippen molar-refractivity contribution in [2.24, 2.45) is 11.8 Å². The van der Waals surface area contributed by atoms with Gasteiger partial charge in [0.2, 0.25) is 0 Å². The molecule has 4 nitrogen and oxygen atoms in total. The second-order valence-electron chi connectivity index (χ2n) is 5.67. The molecule has 104 valence electrons. The van der Waals surface area contributed by atoms with Crippen LogP contribution < -0.4 is 4.74 Å². The number of nitrogens with zero attached hydrogens (tertiary/aromatic N) is 2. The van der Waals surface area contributed by atoms with E-state index >= 15 is 0 Å². The molecule has 2 atom stereocenters. The van der Waals surface area contributed by atoms with Crippen molar-refractivity contribution >= 4 is 5.91 Å². The Kier molecular flexibility index (Phi) is 4.40. The van der Waals surface area contributed by atoms with Crippen molar-refractivity contribution in [3.63, 3.8) is 0 Å². The largest absolute Gasteiger partial charge is 0.482 e. The molecule has 0 unspecified atom stereocenters. The molecule has 1 amide bonds. The van der Waals surface area contributed by atoms with Crippen LogP contribution in [0.15, 0.2) is 18.3 Å². The fraction of sp³-hybridized carbons (Fsp3) is 0.600. The van der Waals surface area contributed by atoms with Crippen LogP contribution in [0.2, 0.25) is 0 Å². The van der Waals surface area contributed by atoms with Crippen LogP contribution in [0, 0.1) is 18.8 Å². The molecule has 0 N–H and O–H groups in total. The molecule has 1 aromatic rings. The average molecular weight is 262 g/mol. The zero-order valence-electron chi connectivity index (χ0n) is 11.9. The molecule has 1 aliphatic heterocycles. The van der Waals surface area contributed by atoms with Crippen LogP contribution in [0.5, 0.6) is 5.75 Å². The van der Waals surface area contributed by atoms with E-state index in [0.29, 0.717) is 17.6 Å². The van der Waals surface area contributed by atoms with Crippen molar-refractivity contribution in [3.05, 3.63) is 24.0 Å². The van der Waals surface area contributed by atoms with E-state index in [9.17, 15) is 4.79 Å². The summed E-state index contributed by atoms with van der Waals surface area (Å²) in [4.78, 5) is 18.2. The first-order valence-electron chi connectivity index (χ1n) is 6.88. The number of pyridine rings is 1. The molecule has 0 spiro atoms. The van der Waals surface area contributed by atoms with Gasteiger partial charge in [-0.1, -0.05) is 13.8 Å². The fourth-order valence-electron chi connectivity index (χ4n) is 2.64. The number of piperidine rings is 1. The van der Waals surface area contributed by atoms with E-state index in [2.05, 4.69) is 18.8 Å². The molecule has 1 saturated heterocycles. The molecule has 0 bridgehead atoms. The Morgan fingerprint density at radius 2 is 2.05 bits per heavy atom. The molecule has 0 aromatic carbocycles. The monoisotopic (exact) mass is 262 g/mol. The third-order valence-electron chi connectivity index (χ3n) is 3.47. The number of likely N-dealkylation sites (tertiary alicyclic amines) is 1. The SMILES string of the molecule is Cc1ccc(OCC(=O)N2C[C@@H](C)C[C@H](C)C2)cn1. The third kappa shape index (κ3) is 3.94. The third-order valence-corrected chi connectivity index (χ3v) is 3.47. The van der Waals surface area contributed by atoms with Gasteiger partial charge in [0, 0.05) is 18.8 Å². The zero-order chi connectivity index (χ0) is 13.8. The molecule has 1 fully saturated rings. The molecule has 19 heavy (non-hydrogen) atoms. The van der Waals surface area contributed by atoms with Crippen molar-refractivity contribution in [3.8, 4) is 5.75 Å². The fourth-order valence-corrected chi connectivity index (χ4v) is 2.64. The van der Waals surface area contributed by atoms with Gasteiger partial charge >= 0.3 is 0 Å². The maximum absolute atomic E-state index is 12.1. The van der Waals surface area contributed by atoms with E-state index in [4.69, 9.17) is 4.74 Å². The van der Waals surface area contributed by atoms with Gasteiger partial charge < -0.3 is 9.64 Å². The number of aryl methyl sites for hydroxylation is 1. The molecule has 4 heteroatoms. The topological polar surface area (TPSA) is 42.4 Å². The normalized spacial score (nSPS) is 23.2. The molecule has 2 heterocycles. The molecule has 1 aliphatic rings. The smallest absolute Gasteiger partial charge is 0.260 e. The molecule has 0 radical (unpaired) electrons. The van der Waals surface area contributed by atoms with Gasteiger partial charge in [0.1, 0.15) is 5.75 Å². The number of carbonyl (C=O) groups is 1. The van der Waals surface area contributed by atoms with E-state index in [0.717, 1.165) is 18.8 Å². The van der Waals surface area contributed by atoms with Crippen LogP contribution >= 0.6 is 0 Å². The Morgan fingerprint density at radius 3 is 2.63 bits per heavy atom. The van der Waals surface area contributed by atoms with Gasteiger partial charge in [0.05, 0.1) is 6.20 Å². The van der Waals surface area contributed by atoms with Gasteiger partial charge in [-0.25, -0.2) is 0 Å². The highest BCUT2D eigenvalue weighted by molar-refractivity contribution is 5.77. The van der Waals surface area contributed by atoms with Crippen molar-refractivity contribution in [2.45, 2.75) is 27.2 Å². The standard InChI is InChI=1S/C15H22N2O2/c1-11-6-12(2)9-17(8-11)15(18)10-19-14-5-4-13(3)16-7-14/h4-5,7,11-12H,6,8-10H2,1-3H3/t11-,12-/m0/s1. The Bertz CT molecular complexity index is 420. The Hall–Kier alpha value is -1.58. The van der Waals surface area contributed by atoms with Crippen LogP contribution in [0.25, 0.3) is 0 Å². The van der Waals surface area contributed by atoms with Gasteiger partial charge in [0.25, 0.3) is 5.91 Å². The van der Waals surface area contributed by atoms with Crippen molar-refractivity contribution in [2.75, 3.05) is 19.7 Å². The predicted molar refractivity (Wildman–Crippen MR) is 74.0 cm³/mol. The number of rotatable bonds is 3. The summed E-state index contributed by atoms with van der Waals surface area (Å²) in [5, 5.41) is 0. The van der Waals surface area contributed by atoms with Crippen molar-refractivity contribution < 1.29 is 9.53 Å². The van der Waals surface area contributed by atoms with Crippen LogP contribution in [-0.4, -0.2) is 35.5 Å². The number of hydrogen-bond acceptors (Lipinski definition) is 3. The van der Waals surface area contributed by atoms with Gasteiger partial charge in [-0.3, -0.25) is 9.78 Å². The Labute approximate surface area is 114 Å². The lowest BCUT2D eigenvalue weighted by Crippen LogP contribution is -2.44. The summed E-state index contributed by atoms with van der Waals surface area (Å²) in [5.74, 6) is 1.87. The lowest BCUT2D eigenvalue weighted by Gasteiger charge is -2.34. The van der Waals surface area contributed by atoms with Gasteiger partial charge in [-0.15, -0.1) is 0 Å². The summed E-state index contributed by atoms with van der Waals surface area (Å²) in [7, 11) is 0. The van der Waals surface area contributed by atoms with Crippen molar-refractivity contribution in [1.82, 2.24) is 9.88 Å². The van der Waals surface area contributed by atoms with Gasteiger partial charge in [-0.05, 0) is 37.3 Å². The molecular weight excluding hydrogens is 240 g/mol. The van der Waals surface area contributed by atoms with Crippen molar-refractivity contribution in [1.29, 1.82) is 0 Å². The van der Waals surface area contributed by atoms with E-state index in [1.807, 2.05) is 24.0 Å². The number of amides is 1. The Balaban J connectivity index is 1.85.